The van der Waals surface area contributed by atoms with Crippen LogP contribution in [-0.4, -0.2) is 23.3 Å². The zero-order chi connectivity index (χ0) is 14.2. The average Bonchev–Trinajstić information content (AvgIpc) is 2.74. The summed E-state index contributed by atoms with van der Waals surface area (Å²) in [4.78, 5) is 25.8. The first-order valence-electron chi connectivity index (χ1n) is 6.20. The third-order valence-corrected chi connectivity index (χ3v) is 4.69. The molecular formula is C14H15Br2NO2. The Hall–Kier alpha value is -0.680. The summed E-state index contributed by atoms with van der Waals surface area (Å²) in [6, 6.07) is 5.39. The van der Waals surface area contributed by atoms with Gasteiger partial charge >= 0.3 is 0 Å². The number of imide groups is 1. The summed E-state index contributed by atoms with van der Waals surface area (Å²) in [5.74, 6) is 0.381. The number of hydrogen-bond acceptors (Lipinski definition) is 2. The molecule has 0 spiro atoms. The van der Waals surface area contributed by atoms with Crippen molar-refractivity contribution in [3.05, 3.63) is 32.7 Å². The maximum atomic E-state index is 12.5. The summed E-state index contributed by atoms with van der Waals surface area (Å²) in [5.41, 5.74) is 0.520. The van der Waals surface area contributed by atoms with E-state index >= 15 is 0 Å². The third-order valence-electron chi connectivity index (χ3n) is 3.50. The van der Waals surface area contributed by atoms with Crippen LogP contribution < -0.4 is 0 Å². The van der Waals surface area contributed by atoms with Gasteiger partial charge in [0, 0.05) is 21.9 Å². The molecule has 5 heteroatoms. The van der Waals surface area contributed by atoms with Gasteiger partial charge < -0.3 is 0 Å². The van der Waals surface area contributed by atoms with Crippen LogP contribution in [0.15, 0.2) is 27.1 Å². The molecular weight excluding hydrogens is 374 g/mol. The Kier molecular flexibility index (Phi) is 4.46. The van der Waals surface area contributed by atoms with Gasteiger partial charge in [-0.2, -0.15) is 0 Å². The lowest BCUT2D eigenvalue weighted by Crippen LogP contribution is -2.33. The van der Waals surface area contributed by atoms with E-state index in [0.717, 1.165) is 4.47 Å². The minimum atomic E-state index is -0.221. The number of halogens is 2. The molecule has 0 aromatic heterocycles. The number of rotatable bonds is 2. The van der Waals surface area contributed by atoms with E-state index in [-0.39, 0.29) is 17.7 Å². The molecule has 2 amide bonds. The summed E-state index contributed by atoms with van der Waals surface area (Å²) in [7, 11) is 0. The molecule has 19 heavy (non-hydrogen) atoms. The van der Waals surface area contributed by atoms with Gasteiger partial charge in [-0.1, -0.05) is 29.8 Å². The second kappa shape index (κ2) is 5.75. The highest BCUT2D eigenvalue weighted by molar-refractivity contribution is 9.11. The molecule has 1 aromatic rings. The lowest BCUT2D eigenvalue weighted by Gasteiger charge is -2.17. The second-order valence-corrected chi connectivity index (χ2v) is 6.91. The van der Waals surface area contributed by atoms with Crippen LogP contribution in [0.5, 0.6) is 0 Å². The van der Waals surface area contributed by atoms with Gasteiger partial charge in [-0.05, 0) is 46.0 Å². The van der Waals surface area contributed by atoms with Crippen molar-refractivity contribution in [2.45, 2.75) is 20.3 Å². The van der Waals surface area contributed by atoms with Crippen molar-refractivity contribution in [2.24, 2.45) is 11.8 Å². The van der Waals surface area contributed by atoms with Crippen LogP contribution in [0.4, 0.5) is 0 Å². The highest BCUT2D eigenvalue weighted by atomic mass is 79.9. The second-order valence-electron chi connectivity index (χ2n) is 5.14. The van der Waals surface area contributed by atoms with Crippen LogP contribution in [0.1, 0.15) is 30.6 Å². The van der Waals surface area contributed by atoms with Crippen molar-refractivity contribution in [3.63, 3.8) is 0 Å². The van der Waals surface area contributed by atoms with Gasteiger partial charge in [0.25, 0.3) is 5.91 Å². The minimum Gasteiger partial charge on any atom is -0.278 e. The van der Waals surface area contributed by atoms with Crippen LogP contribution >= 0.6 is 31.9 Å². The van der Waals surface area contributed by atoms with Crippen molar-refractivity contribution >= 4 is 43.7 Å². The maximum Gasteiger partial charge on any atom is 0.261 e. The number of carbonyl (C=O) groups excluding carboxylic acids is 2. The smallest absolute Gasteiger partial charge is 0.261 e. The molecule has 3 nitrogen and oxygen atoms in total. The monoisotopic (exact) mass is 387 g/mol. The Labute approximate surface area is 129 Å². The van der Waals surface area contributed by atoms with E-state index in [0.29, 0.717) is 28.9 Å². The third kappa shape index (κ3) is 3.08. The molecule has 2 rings (SSSR count). The number of hydrogen-bond donors (Lipinski definition) is 0. The fraction of sp³-hybridized carbons (Fsp3) is 0.429. The molecule has 1 aliphatic rings. The van der Waals surface area contributed by atoms with Gasteiger partial charge in [0.05, 0.1) is 5.56 Å². The Morgan fingerprint density at radius 1 is 1.37 bits per heavy atom. The van der Waals surface area contributed by atoms with E-state index in [2.05, 4.69) is 45.7 Å². The SMILES string of the molecule is CC(C)C1CC(=O)N(C(=O)c2cc(Br)ccc2Br)C1. The Morgan fingerprint density at radius 3 is 2.63 bits per heavy atom. The van der Waals surface area contributed by atoms with E-state index in [4.69, 9.17) is 0 Å². The predicted molar refractivity (Wildman–Crippen MR) is 80.8 cm³/mol. The molecule has 0 aliphatic carbocycles. The molecule has 0 radical (unpaired) electrons. The lowest BCUT2D eigenvalue weighted by molar-refractivity contribution is -0.125. The van der Waals surface area contributed by atoms with Gasteiger partial charge in [-0.3, -0.25) is 14.5 Å². The molecule has 102 valence electrons. The maximum absolute atomic E-state index is 12.5. The molecule has 0 saturated carbocycles. The number of carbonyl (C=O) groups is 2. The van der Waals surface area contributed by atoms with Crippen LogP contribution in [0.2, 0.25) is 0 Å². The minimum absolute atomic E-state index is 0.0735. The van der Waals surface area contributed by atoms with Crippen molar-refractivity contribution < 1.29 is 9.59 Å². The molecule has 1 atom stereocenters. The van der Waals surface area contributed by atoms with Gasteiger partial charge in [0.1, 0.15) is 0 Å². The zero-order valence-electron chi connectivity index (χ0n) is 10.8. The quantitative estimate of drug-likeness (QED) is 0.721. The molecule has 0 bridgehead atoms. The number of nitrogens with zero attached hydrogens (tertiary/aromatic N) is 1. The van der Waals surface area contributed by atoms with Gasteiger partial charge in [-0.15, -0.1) is 0 Å². The van der Waals surface area contributed by atoms with Crippen molar-refractivity contribution in [1.82, 2.24) is 4.90 Å². The summed E-state index contributed by atoms with van der Waals surface area (Å²) >= 11 is 6.71. The molecule has 1 aliphatic heterocycles. The Morgan fingerprint density at radius 2 is 2.05 bits per heavy atom. The number of amides is 2. The van der Waals surface area contributed by atoms with E-state index in [1.54, 1.807) is 12.1 Å². The van der Waals surface area contributed by atoms with Crippen LogP contribution in [-0.2, 0) is 4.79 Å². The molecule has 1 unspecified atom stereocenters. The van der Waals surface area contributed by atoms with Crippen molar-refractivity contribution in [3.8, 4) is 0 Å². The van der Waals surface area contributed by atoms with E-state index in [1.807, 2.05) is 6.07 Å². The van der Waals surface area contributed by atoms with Gasteiger partial charge in [0.2, 0.25) is 5.91 Å². The summed E-state index contributed by atoms with van der Waals surface area (Å²) in [6.45, 7) is 4.69. The van der Waals surface area contributed by atoms with Crippen LogP contribution in [0.25, 0.3) is 0 Å². The van der Waals surface area contributed by atoms with Crippen molar-refractivity contribution in [1.29, 1.82) is 0 Å². The first kappa shape index (κ1) is 14.7. The van der Waals surface area contributed by atoms with Gasteiger partial charge in [-0.25, -0.2) is 0 Å². The Balaban J connectivity index is 2.25. The molecule has 1 saturated heterocycles. The standard InChI is InChI=1S/C14H15Br2NO2/c1-8(2)9-5-13(18)17(7-9)14(19)11-6-10(15)3-4-12(11)16/h3-4,6,8-9H,5,7H2,1-2H3. The van der Waals surface area contributed by atoms with Crippen LogP contribution in [0.3, 0.4) is 0 Å². The topological polar surface area (TPSA) is 37.4 Å². The first-order chi connectivity index (χ1) is 8.90. The van der Waals surface area contributed by atoms with E-state index in [9.17, 15) is 9.59 Å². The Bertz CT molecular complexity index is 528. The van der Waals surface area contributed by atoms with E-state index < -0.39 is 0 Å². The lowest BCUT2D eigenvalue weighted by atomic mass is 9.95. The average molecular weight is 389 g/mol. The molecule has 1 fully saturated rings. The first-order valence-corrected chi connectivity index (χ1v) is 7.78. The fourth-order valence-corrected chi connectivity index (χ4v) is 2.96. The summed E-state index contributed by atoms with van der Waals surface area (Å²) in [6.07, 6.45) is 0.467. The summed E-state index contributed by atoms with van der Waals surface area (Å²) in [5, 5.41) is 0. The van der Waals surface area contributed by atoms with Gasteiger partial charge in [0.15, 0.2) is 0 Å². The highest BCUT2D eigenvalue weighted by Crippen LogP contribution is 2.29. The molecule has 0 N–H and O–H groups in total. The fourth-order valence-electron chi connectivity index (χ4n) is 2.18. The van der Waals surface area contributed by atoms with E-state index in [1.165, 1.54) is 4.90 Å². The largest absolute Gasteiger partial charge is 0.278 e. The zero-order valence-corrected chi connectivity index (χ0v) is 14.0. The molecule has 1 heterocycles. The normalized spacial score (nSPS) is 19.3. The summed E-state index contributed by atoms with van der Waals surface area (Å²) < 4.78 is 1.53. The highest BCUT2D eigenvalue weighted by Gasteiger charge is 2.36. The molecule has 1 aromatic carbocycles. The number of likely N-dealkylation sites (tertiary alicyclic amines) is 1. The van der Waals surface area contributed by atoms with Crippen molar-refractivity contribution in [2.75, 3.05) is 6.54 Å². The predicted octanol–water partition coefficient (Wildman–Crippen LogP) is 3.86. The number of benzene rings is 1. The van der Waals surface area contributed by atoms with Crippen LogP contribution in [0, 0.1) is 11.8 Å².